The van der Waals surface area contributed by atoms with Gasteiger partial charge in [-0.05, 0) is 24.3 Å². The number of carbonyl (C=O) groups excluding carboxylic acids is 1. The van der Waals surface area contributed by atoms with Gasteiger partial charge in [-0.1, -0.05) is 11.3 Å². The van der Waals surface area contributed by atoms with Crippen molar-refractivity contribution in [1.29, 1.82) is 0 Å². The van der Waals surface area contributed by atoms with Crippen molar-refractivity contribution in [3.8, 4) is 0 Å². The number of nitro groups is 1. The lowest BCUT2D eigenvalue weighted by Crippen LogP contribution is -2.53. The molecular formula is C15H10FN3O5S. The van der Waals surface area contributed by atoms with Gasteiger partial charge in [0, 0.05) is 0 Å². The molecule has 1 saturated heterocycles. The molecule has 1 aromatic carbocycles. The lowest BCUT2D eigenvalue weighted by atomic mass is 10.2. The van der Waals surface area contributed by atoms with Crippen LogP contribution >= 0.6 is 11.3 Å². The van der Waals surface area contributed by atoms with Crippen LogP contribution < -0.4 is 4.90 Å². The number of carbonyl (C=O) groups is 1. The number of esters is 1. The number of aromatic nitrogens is 1. The SMILES string of the molecule is O=C(OC1CN(c2nc3ccc(F)cc3s2)C1)c1ccc([N+](=O)[O-])o1. The van der Waals surface area contributed by atoms with E-state index in [9.17, 15) is 19.3 Å². The fourth-order valence-corrected chi connectivity index (χ4v) is 3.44. The molecule has 4 rings (SSSR count). The Morgan fingerprint density at radius 3 is 2.92 bits per heavy atom. The summed E-state index contributed by atoms with van der Waals surface area (Å²) >= 11 is 1.36. The van der Waals surface area contributed by atoms with Gasteiger partial charge in [-0.25, -0.2) is 14.2 Å². The van der Waals surface area contributed by atoms with E-state index in [1.165, 1.54) is 29.5 Å². The Labute approximate surface area is 143 Å². The normalized spacial score (nSPS) is 14.5. The molecule has 1 fully saturated rings. The van der Waals surface area contributed by atoms with Crippen LogP contribution in [0.1, 0.15) is 10.6 Å². The number of furan rings is 1. The number of ether oxygens (including phenoxy) is 1. The fourth-order valence-electron chi connectivity index (χ4n) is 2.44. The first-order chi connectivity index (χ1) is 12.0. The van der Waals surface area contributed by atoms with E-state index in [0.29, 0.717) is 18.6 Å². The average Bonchev–Trinajstić information content (AvgIpc) is 3.16. The van der Waals surface area contributed by atoms with Crippen molar-refractivity contribution >= 4 is 38.5 Å². The van der Waals surface area contributed by atoms with Crippen LogP contribution in [0.25, 0.3) is 10.2 Å². The van der Waals surface area contributed by atoms with Crippen molar-refractivity contribution < 1.29 is 23.3 Å². The molecular weight excluding hydrogens is 353 g/mol. The summed E-state index contributed by atoms with van der Waals surface area (Å²) < 4.78 is 24.0. The van der Waals surface area contributed by atoms with E-state index in [4.69, 9.17) is 9.15 Å². The summed E-state index contributed by atoms with van der Waals surface area (Å²) in [6, 6.07) is 6.71. The van der Waals surface area contributed by atoms with Gasteiger partial charge in [-0.2, -0.15) is 0 Å². The minimum absolute atomic E-state index is 0.208. The van der Waals surface area contributed by atoms with Crippen LogP contribution in [0.4, 0.5) is 15.4 Å². The van der Waals surface area contributed by atoms with Crippen LogP contribution in [-0.2, 0) is 4.74 Å². The molecule has 0 aliphatic carbocycles. The van der Waals surface area contributed by atoms with Gasteiger partial charge in [0.15, 0.2) is 5.13 Å². The Hall–Kier alpha value is -3.01. The summed E-state index contributed by atoms with van der Waals surface area (Å²) in [7, 11) is 0. The first-order valence-electron chi connectivity index (χ1n) is 7.26. The molecule has 0 bridgehead atoms. The van der Waals surface area contributed by atoms with E-state index in [-0.39, 0.29) is 17.7 Å². The van der Waals surface area contributed by atoms with E-state index < -0.39 is 16.8 Å². The van der Waals surface area contributed by atoms with Crippen LogP contribution in [0.15, 0.2) is 34.7 Å². The second kappa shape index (κ2) is 5.81. The molecule has 8 nitrogen and oxygen atoms in total. The number of fused-ring (bicyclic) bond motifs is 1. The molecule has 10 heteroatoms. The molecule has 0 unspecified atom stereocenters. The van der Waals surface area contributed by atoms with E-state index in [1.54, 1.807) is 6.07 Å². The second-order valence-corrected chi connectivity index (χ2v) is 6.44. The Kier molecular flexibility index (Phi) is 3.61. The average molecular weight is 363 g/mol. The standard InChI is InChI=1S/C15H10FN3O5S/c16-8-1-2-10-12(5-8)25-15(17-10)18-6-9(7-18)23-14(20)11-3-4-13(24-11)19(21)22/h1-5,9H,6-7H2. The highest BCUT2D eigenvalue weighted by atomic mass is 32.1. The maximum atomic E-state index is 13.2. The summed E-state index contributed by atoms with van der Waals surface area (Å²) in [4.78, 5) is 28.0. The highest BCUT2D eigenvalue weighted by molar-refractivity contribution is 7.22. The van der Waals surface area contributed by atoms with Crippen molar-refractivity contribution in [2.75, 3.05) is 18.0 Å². The van der Waals surface area contributed by atoms with E-state index >= 15 is 0 Å². The predicted octanol–water partition coefficient (Wildman–Crippen LogP) is 2.98. The first-order valence-corrected chi connectivity index (χ1v) is 8.07. The van der Waals surface area contributed by atoms with Gasteiger partial charge in [0.05, 0.1) is 29.4 Å². The van der Waals surface area contributed by atoms with Crippen LogP contribution in [0.2, 0.25) is 0 Å². The maximum Gasteiger partial charge on any atom is 0.433 e. The predicted molar refractivity (Wildman–Crippen MR) is 86.4 cm³/mol. The molecule has 3 aromatic rings. The number of anilines is 1. The molecule has 0 saturated carbocycles. The summed E-state index contributed by atoms with van der Waals surface area (Å²) in [5.41, 5.74) is 0.713. The summed E-state index contributed by atoms with van der Waals surface area (Å²) in [6.45, 7) is 0.883. The van der Waals surface area contributed by atoms with Crippen molar-refractivity contribution in [3.05, 3.63) is 52.0 Å². The molecule has 1 aliphatic rings. The van der Waals surface area contributed by atoms with Crippen LogP contribution in [0.5, 0.6) is 0 Å². The monoisotopic (exact) mass is 363 g/mol. The van der Waals surface area contributed by atoms with Gasteiger partial charge in [0.1, 0.15) is 16.8 Å². The van der Waals surface area contributed by atoms with Gasteiger partial charge in [-0.15, -0.1) is 0 Å². The highest BCUT2D eigenvalue weighted by Gasteiger charge is 2.33. The van der Waals surface area contributed by atoms with Crippen molar-refractivity contribution in [2.24, 2.45) is 0 Å². The van der Waals surface area contributed by atoms with E-state index in [2.05, 4.69) is 4.98 Å². The quantitative estimate of drug-likeness (QED) is 0.399. The molecule has 0 atom stereocenters. The number of halogens is 1. The zero-order valence-electron chi connectivity index (χ0n) is 12.5. The smallest absolute Gasteiger partial charge is 0.433 e. The van der Waals surface area contributed by atoms with E-state index in [0.717, 1.165) is 15.9 Å². The molecule has 0 radical (unpaired) electrons. The largest absolute Gasteiger partial charge is 0.453 e. The molecule has 0 spiro atoms. The molecule has 25 heavy (non-hydrogen) atoms. The van der Waals surface area contributed by atoms with Crippen molar-refractivity contribution in [3.63, 3.8) is 0 Å². The molecule has 128 valence electrons. The minimum Gasteiger partial charge on any atom is -0.453 e. The molecule has 3 heterocycles. The lowest BCUT2D eigenvalue weighted by molar-refractivity contribution is -0.402. The summed E-state index contributed by atoms with van der Waals surface area (Å²) in [6.07, 6.45) is -0.361. The number of hydrogen-bond donors (Lipinski definition) is 0. The number of benzene rings is 1. The van der Waals surface area contributed by atoms with Gasteiger partial charge in [0.2, 0.25) is 5.76 Å². The number of hydrogen-bond acceptors (Lipinski definition) is 8. The fraction of sp³-hybridized carbons (Fsp3) is 0.200. The number of thiazole rings is 1. The first kappa shape index (κ1) is 15.5. The van der Waals surface area contributed by atoms with Crippen LogP contribution in [0, 0.1) is 15.9 Å². The van der Waals surface area contributed by atoms with Gasteiger partial charge >= 0.3 is 11.9 Å². The minimum atomic E-state index is -0.746. The van der Waals surface area contributed by atoms with E-state index in [1.807, 2.05) is 4.90 Å². The van der Waals surface area contributed by atoms with Crippen LogP contribution in [-0.4, -0.2) is 35.1 Å². The third kappa shape index (κ3) is 2.91. The van der Waals surface area contributed by atoms with Gasteiger partial charge in [-0.3, -0.25) is 10.1 Å². The maximum absolute atomic E-state index is 13.2. The zero-order chi connectivity index (χ0) is 17.6. The van der Waals surface area contributed by atoms with Crippen molar-refractivity contribution in [1.82, 2.24) is 4.98 Å². The number of rotatable bonds is 4. The lowest BCUT2D eigenvalue weighted by Gasteiger charge is -2.37. The third-order valence-electron chi connectivity index (χ3n) is 3.70. The summed E-state index contributed by atoms with van der Waals surface area (Å²) in [5, 5.41) is 11.3. The van der Waals surface area contributed by atoms with Crippen LogP contribution in [0.3, 0.4) is 0 Å². The molecule has 2 aromatic heterocycles. The Bertz CT molecular complexity index is 979. The molecule has 1 aliphatic heterocycles. The number of nitrogens with zero attached hydrogens (tertiary/aromatic N) is 3. The summed E-state index contributed by atoms with van der Waals surface area (Å²) in [5.74, 6) is -1.78. The molecule has 0 amide bonds. The topological polar surface area (TPSA) is 98.7 Å². The Morgan fingerprint density at radius 1 is 1.40 bits per heavy atom. The van der Waals surface area contributed by atoms with Crippen molar-refractivity contribution in [2.45, 2.75) is 6.10 Å². The Balaban J connectivity index is 1.37. The van der Waals surface area contributed by atoms with Gasteiger partial charge < -0.3 is 14.1 Å². The second-order valence-electron chi connectivity index (χ2n) is 5.44. The Morgan fingerprint density at radius 2 is 2.20 bits per heavy atom. The highest BCUT2D eigenvalue weighted by Crippen LogP contribution is 2.32. The van der Waals surface area contributed by atoms with Gasteiger partial charge in [0.25, 0.3) is 0 Å². The zero-order valence-corrected chi connectivity index (χ0v) is 13.4. The molecule has 0 N–H and O–H groups in total. The third-order valence-corrected chi connectivity index (χ3v) is 4.78.